The zero-order valence-corrected chi connectivity index (χ0v) is 8.49. The molecule has 0 saturated heterocycles. The Kier molecular flexibility index (Phi) is 2.85. The van der Waals surface area contributed by atoms with E-state index in [2.05, 4.69) is 18.2 Å². The number of benzene rings is 1. The summed E-state index contributed by atoms with van der Waals surface area (Å²) < 4.78 is 5.37. The summed E-state index contributed by atoms with van der Waals surface area (Å²) in [6, 6.07) is 6.42. The van der Waals surface area contributed by atoms with Crippen molar-refractivity contribution < 1.29 is 9.84 Å². The molecule has 2 heteroatoms. The molecular formula is C12H16O2. The lowest BCUT2D eigenvalue weighted by molar-refractivity contribution is 0.110. The summed E-state index contributed by atoms with van der Waals surface area (Å²) in [6.45, 7) is 3.82. The monoisotopic (exact) mass is 192 g/mol. The first-order valence-corrected chi connectivity index (χ1v) is 5.11. The number of hydrogen-bond acceptors (Lipinski definition) is 2. The van der Waals surface area contributed by atoms with Gasteiger partial charge in [0, 0.05) is 12.5 Å². The first-order valence-electron chi connectivity index (χ1n) is 5.11. The second-order valence-corrected chi connectivity index (χ2v) is 3.91. The van der Waals surface area contributed by atoms with Crippen molar-refractivity contribution in [2.24, 2.45) is 0 Å². The second-order valence-electron chi connectivity index (χ2n) is 3.91. The van der Waals surface area contributed by atoms with Gasteiger partial charge >= 0.3 is 0 Å². The van der Waals surface area contributed by atoms with Crippen LogP contribution in [0, 0.1) is 0 Å². The van der Waals surface area contributed by atoms with E-state index >= 15 is 0 Å². The van der Waals surface area contributed by atoms with Gasteiger partial charge in [-0.25, -0.2) is 0 Å². The van der Waals surface area contributed by atoms with E-state index in [0.29, 0.717) is 0 Å². The summed E-state index contributed by atoms with van der Waals surface area (Å²) in [5.41, 5.74) is 3.91. The van der Waals surface area contributed by atoms with Crippen molar-refractivity contribution in [3.63, 3.8) is 0 Å². The van der Waals surface area contributed by atoms with Gasteiger partial charge in [-0.05, 0) is 23.1 Å². The Labute approximate surface area is 84.5 Å². The van der Waals surface area contributed by atoms with Crippen LogP contribution >= 0.6 is 0 Å². The van der Waals surface area contributed by atoms with Gasteiger partial charge < -0.3 is 9.84 Å². The quantitative estimate of drug-likeness (QED) is 0.775. The van der Waals surface area contributed by atoms with Gasteiger partial charge in [0.2, 0.25) is 0 Å². The first kappa shape index (κ1) is 9.69. The third-order valence-corrected chi connectivity index (χ3v) is 2.85. The fraction of sp³-hybridized carbons (Fsp3) is 0.500. The van der Waals surface area contributed by atoms with E-state index in [4.69, 9.17) is 9.84 Å². The third-order valence-electron chi connectivity index (χ3n) is 2.85. The van der Waals surface area contributed by atoms with Crippen molar-refractivity contribution in [1.82, 2.24) is 0 Å². The van der Waals surface area contributed by atoms with Crippen LogP contribution in [0.15, 0.2) is 18.2 Å². The molecule has 1 aliphatic heterocycles. The summed E-state index contributed by atoms with van der Waals surface area (Å²) in [7, 11) is 0. The molecule has 1 unspecified atom stereocenters. The molecule has 0 aliphatic carbocycles. The van der Waals surface area contributed by atoms with E-state index in [1.54, 1.807) is 0 Å². The van der Waals surface area contributed by atoms with Crippen LogP contribution in [0.25, 0.3) is 0 Å². The van der Waals surface area contributed by atoms with Gasteiger partial charge in [-0.15, -0.1) is 0 Å². The van der Waals surface area contributed by atoms with Crippen LogP contribution in [0.4, 0.5) is 0 Å². The molecule has 0 fully saturated rings. The minimum Gasteiger partial charge on any atom is -0.396 e. The second kappa shape index (κ2) is 4.11. The molecule has 1 aromatic rings. The van der Waals surface area contributed by atoms with Crippen LogP contribution < -0.4 is 0 Å². The van der Waals surface area contributed by atoms with Crippen LogP contribution in [-0.4, -0.2) is 18.3 Å². The van der Waals surface area contributed by atoms with Gasteiger partial charge in [0.25, 0.3) is 0 Å². The molecule has 2 nitrogen and oxygen atoms in total. The van der Waals surface area contributed by atoms with Gasteiger partial charge in [0.05, 0.1) is 13.2 Å². The molecule has 0 saturated carbocycles. The fourth-order valence-electron chi connectivity index (χ4n) is 1.80. The Balaban J connectivity index is 2.29. The number of hydrogen-bond donors (Lipinski definition) is 1. The van der Waals surface area contributed by atoms with E-state index in [9.17, 15) is 0 Å². The summed E-state index contributed by atoms with van der Waals surface area (Å²) in [6.07, 6.45) is 1.00. The van der Waals surface area contributed by atoms with Gasteiger partial charge in [-0.1, -0.05) is 25.1 Å². The highest BCUT2D eigenvalue weighted by molar-refractivity contribution is 5.34. The van der Waals surface area contributed by atoms with Crippen LogP contribution in [0.1, 0.15) is 29.5 Å². The normalized spacial score (nSPS) is 17.6. The van der Waals surface area contributed by atoms with E-state index in [1.807, 2.05) is 6.92 Å². The molecule has 1 aromatic carbocycles. The lowest BCUT2D eigenvalue weighted by Crippen LogP contribution is -2.11. The Bertz CT molecular complexity index is 320. The summed E-state index contributed by atoms with van der Waals surface area (Å²) in [5.74, 6) is 0.239. The first-order chi connectivity index (χ1) is 6.81. The zero-order chi connectivity index (χ0) is 9.97. The molecule has 1 atom stereocenters. The van der Waals surface area contributed by atoms with Crippen LogP contribution in [-0.2, 0) is 17.8 Å². The molecule has 1 N–H and O–H groups in total. The Morgan fingerprint density at radius 3 is 3.07 bits per heavy atom. The summed E-state index contributed by atoms with van der Waals surface area (Å²) in [5, 5.41) is 9.07. The standard InChI is InChI=1S/C12H16O2/c1-9(7-13)10-2-3-12-8-14-5-4-11(12)6-10/h2-3,6,9,13H,4-5,7-8H2,1H3. The number of aliphatic hydroxyl groups is 1. The maximum Gasteiger partial charge on any atom is 0.0719 e. The van der Waals surface area contributed by atoms with E-state index in [0.717, 1.165) is 19.6 Å². The van der Waals surface area contributed by atoms with Crippen LogP contribution in [0.3, 0.4) is 0 Å². The van der Waals surface area contributed by atoms with Crippen molar-refractivity contribution in [2.45, 2.75) is 25.9 Å². The zero-order valence-electron chi connectivity index (χ0n) is 8.49. The van der Waals surface area contributed by atoms with Gasteiger partial charge in [-0.2, -0.15) is 0 Å². The molecule has 76 valence electrons. The topological polar surface area (TPSA) is 29.5 Å². The van der Waals surface area contributed by atoms with Gasteiger partial charge in [0.15, 0.2) is 0 Å². The van der Waals surface area contributed by atoms with Crippen LogP contribution in [0.5, 0.6) is 0 Å². The van der Waals surface area contributed by atoms with Gasteiger partial charge in [-0.3, -0.25) is 0 Å². The minimum absolute atomic E-state index is 0.218. The fourth-order valence-corrected chi connectivity index (χ4v) is 1.80. The molecular weight excluding hydrogens is 176 g/mol. The smallest absolute Gasteiger partial charge is 0.0719 e. The Morgan fingerprint density at radius 2 is 2.29 bits per heavy atom. The predicted octanol–water partition coefficient (Wildman–Crippen LogP) is 1.86. The van der Waals surface area contributed by atoms with Crippen molar-refractivity contribution in [3.8, 4) is 0 Å². The maximum absolute atomic E-state index is 9.07. The van der Waals surface area contributed by atoms with E-state index in [1.165, 1.54) is 16.7 Å². The number of ether oxygens (including phenoxy) is 1. The average Bonchev–Trinajstić information content (AvgIpc) is 2.27. The highest BCUT2D eigenvalue weighted by Crippen LogP contribution is 2.22. The molecule has 1 heterocycles. The Hall–Kier alpha value is -0.860. The van der Waals surface area contributed by atoms with E-state index < -0.39 is 0 Å². The van der Waals surface area contributed by atoms with Crippen molar-refractivity contribution in [2.75, 3.05) is 13.2 Å². The SMILES string of the molecule is CC(CO)c1ccc2c(c1)CCOC2. The van der Waals surface area contributed by atoms with Gasteiger partial charge in [0.1, 0.15) is 0 Å². The highest BCUT2D eigenvalue weighted by Gasteiger charge is 2.11. The number of aliphatic hydroxyl groups excluding tert-OH is 1. The van der Waals surface area contributed by atoms with E-state index in [-0.39, 0.29) is 12.5 Å². The lowest BCUT2D eigenvalue weighted by atomic mass is 9.95. The summed E-state index contributed by atoms with van der Waals surface area (Å²) in [4.78, 5) is 0. The maximum atomic E-state index is 9.07. The largest absolute Gasteiger partial charge is 0.396 e. The van der Waals surface area contributed by atoms with Crippen molar-refractivity contribution in [1.29, 1.82) is 0 Å². The molecule has 0 amide bonds. The third kappa shape index (κ3) is 1.81. The molecule has 14 heavy (non-hydrogen) atoms. The highest BCUT2D eigenvalue weighted by atomic mass is 16.5. The molecule has 1 aliphatic rings. The summed E-state index contributed by atoms with van der Waals surface area (Å²) >= 11 is 0. The molecule has 0 spiro atoms. The molecule has 0 radical (unpaired) electrons. The van der Waals surface area contributed by atoms with Crippen molar-refractivity contribution in [3.05, 3.63) is 34.9 Å². The number of fused-ring (bicyclic) bond motifs is 1. The molecule has 0 aromatic heterocycles. The average molecular weight is 192 g/mol. The predicted molar refractivity (Wildman–Crippen MR) is 55.3 cm³/mol. The minimum atomic E-state index is 0.218. The molecule has 2 rings (SSSR count). The lowest BCUT2D eigenvalue weighted by Gasteiger charge is -2.18. The van der Waals surface area contributed by atoms with Crippen LogP contribution in [0.2, 0.25) is 0 Å². The Morgan fingerprint density at radius 1 is 1.43 bits per heavy atom. The number of rotatable bonds is 2. The van der Waals surface area contributed by atoms with Crippen molar-refractivity contribution >= 4 is 0 Å². The molecule has 0 bridgehead atoms.